The molecular weight excluding hydrogens is 412 g/mol. The quantitative estimate of drug-likeness (QED) is 0.365. The number of benzene rings is 1. The lowest BCUT2D eigenvalue weighted by Crippen LogP contribution is -2.15. The zero-order valence-corrected chi connectivity index (χ0v) is 18.5. The molecule has 2 N–H and O–H groups in total. The van der Waals surface area contributed by atoms with Crippen LogP contribution in [0.2, 0.25) is 0 Å². The van der Waals surface area contributed by atoms with Crippen LogP contribution in [-0.4, -0.2) is 37.3 Å². The predicted octanol–water partition coefficient (Wildman–Crippen LogP) is 4.13. The summed E-state index contributed by atoms with van der Waals surface area (Å²) in [6.07, 6.45) is 6.96. The maximum Gasteiger partial charge on any atom is 0.234 e. The van der Waals surface area contributed by atoms with Crippen molar-refractivity contribution >= 4 is 35.0 Å². The van der Waals surface area contributed by atoms with E-state index in [1.807, 2.05) is 23.7 Å². The molecule has 0 bridgehead atoms. The first-order valence-corrected chi connectivity index (χ1v) is 11.2. The van der Waals surface area contributed by atoms with Gasteiger partial charge >= 0.3 is 0 Å². The van der Waals surface area contributed by atoms with Gasteiger partial charge in [-0.3, -0.25) is 14.6 Å². The Morgan fingerprint density at radius 1 is 0.935 bits per heavy atom. The summed E-state index contributed by atoms with van der Waals surface area (Å²) < 4.78 is 1.85. The Kier molecular flexibility index (Phi) is 8.17. The van der Waals surface area contributed by atoms with Crippen LogP contribution >= 0.6 is 11.8 Å². The minimum absolute atomic E-state index is 0.0106. The number of rotatable bonds is 10. The summed E-state index contributed by atoms with van der Waals surface area (Å²) in [4.78, 5) is 28.2. The first-order valence-electron chi connectivity index (χ1n) is 10.2. The normalized spacial score (nSPS) is 10.6. The van der Waals surface area contributed by atoms with Crippen molar-refractivity contribution < 1.29 is 9.59 Å². The number of nitrogens with zero attached hydrogens (tertiary/aromatic N) is 4. The van der Waals surface area contributed by atoms with E-state index in [2.05, 4.69) is 32.7 Å². The molecule has 0 aliphatic carbocycles. The van der Waals surface area contributed by atoms with Gasteiger partial charge in [-0.05, 0) is 42.8 Å². The molecule has 1 aromatic carbocycles. The Morgan fingerprint density at radius 2 is 1.58 bits per heavy atom. The Hall–Kier alpha value is -3.20. The highest BCUT2D eigenvalue weighted by Crippen LogP contribution is 2.22. The molecule has 0 saturated carbocycles. The third kappa shape index (κ3) is 6.65. The number of hydrogen-bond acceptors (Lipinski definition) is 6. The van der Waals surface area contributed by atoms with Gasteiger partial charge in [-0.15, -0.1) is 10.2 Å². The van der Waals surface area contributed by atoms with E-state index in [9.17, 15) is 9.59 Å². The number of hydrogen-bond donors (Lipinski definition) is 2. The molecule has 0 unspecified atom stereocenters. The molecule has 8 nitrogen and oxygen atoms in total. The van der Waals surface area contributed by atoms with Crippen LogP contribution in [0.15, 0.2) is 53.9 Å². The number of thioether (sulfide) groups is 1. The maximum atomic E-state index is 12.3. The summed E-state index contributed by atoms with van der Waals surface area (Å²) in [6.45, 7) is 2.11. The number of carbonyl (C=O) groups is 2. The monoisotopic (exact) mass is 438 g/mol. The number of anilines is 2. The zero-order valence-electron chi connectivity index (χ0n) is 17.7. The summed E-state index contributed by atoms with van der Waals surface area (Å²) in [6, 6.07) is 10.8. The van der Waals surface area contributed by atoms with Crippen molar-refractivity contribution in [2.24, 2.45) is 7.05 Å². The summed E-state index contributed by atoms with van der Waals surface area (Å²) in [5.74, 6) is 0.794. The van der Waals surface area contributed by atoms with Crippen LogP contribution in [0.5, 0.6) is 0 Å². The van der Waals surface area contributed by atoms with Gasteiger partial charge < -0.3 is 15.2 Å². The van der Waals surface area contributed by atoms with E-state index < -0.39 is 0 Å². The van der Waals surface area contributed by atoms with Crippen molar-refractivity contribution in [3.05, 3.63) is 48.8 Å². The van der Waals surface area contributed by atoms with Crippen LogP contribution in [0.4, 0.5) is 11.4 Å². The first kappa shape index (κ1) is 22.5. The Balaban J connectivity index is 1.48. The number of aromatic nitrogens is 4. The van der Waals surface area contributed by atoms with Gasteiger partial charge in [0.15, 0.2) is 11.0 Å². The molecule has 0 fully saturated rings. The molecular formula is C22H26N6O2S. The van der Waals surface area contributed by atoms with Crippen molar-refractivity contribution in [2.45, 2.75) is 37.8 Å². The van der Waals surface area contributed by atoms with Crippen molar-refractivity contribution in [3.8, 4) is 11.4 Å². The minimum Gasteiger partial charge on any atom is -0.326 e. The third-order valence-electron chi connectivity index (χ3n) is 4.57. The smallest absolute Gasteiger partial charge is 0.234 e. The standard InChI is InChI=1S/C22H26N6O2S/c1-3-4-5-6-19(29)24-17-7-9-18(10-8-17)25-20(30)15-31-22-27-26-21(28(22)2)16-11-13-23-14-12-16/h7-14H,3-6,15H2,1-2H3,(H,24,29)(H,25,30). The van der Waals surface area contributed by atoms with Gasteiger partial charge in [-0.25, -0.2) is 0 Å². The Labute approximate surface area is 185 Å². The second kappa shape index (κ2) is 11.3. The number of carbonyl (C=O) groups excluding carboxylic acids is 2. The summed E-state index contributed by atoms with van der Waals surface area (Å²) in [5, 5.41) is 14.8. The predicted molar refractivity (Wildman–Crippen MR) is 123 cm³/mol. The third-order valence-corrected chi connectivity index (χ3v) is 5.59. The second-order valence-corrected chi connectivity index (χ2v) is 7.96. The van der Waals surface area contributed by atoms with Crippen molar-refractivity contribution in [1.82, 2.24) is 19.7 Å². The van der Waals surface area contributed by atoms with Crippen molar-refractivity contribution in [2.75, 3.05) is 16.4 Å². The van der Waals surface area contributed by atoms with Crippen LogP contribution in [0.1, 0.15) is 32.6 Å². The van der Waals surface area contributed by atoms with E-state index in [4.69, 9.17) is 0 Å². The SMILES string of the molecule is CCCCCC(=O)Nc1ccc(NC(=O)CSc2nnc(-c3ccncc3)n2C)cc1. The Morgan fingerprint density at radius 3 is 2.23 bits per heavy atom. The molecule has 0 saturated heterocycles. The number of amides is 2. The highest BCUT2D eigenvalue weighted by Gasteiger charge is 2.13. The lowest BCUT2D eigenvalue weighted by molar-refractivity contribution is -0.116. The molecule has 2 aromatic heterocycles. The molecule has 3 aromatic rings. The molecule has 3 rings (SSSR count). The molecule has 0 radical (unpaired) electrons. The van der Waals surface area contributed by atoms with Gasteiger partial charge in [-0.1, -0.05) is 31.5 Å². The average Bonchev–Trinajstić information content (AvgIpc) is 3.15. The van der Waals surface area contributed by atoms with Crippen LogP contribution in [-0.2, 0) is 16.6 Å². The maximum absolute atomic E-state index is 12.3. The molecule has 9 heteroatoms. The lowest BCUT2D eigenvalue weighted by Gasteiger charge is -2.08. The minimum atomic E-state index is -0.144. The van der Waals surface area contributed by atoms with Gasteiger partial charge in [-0.2, -0.15) is 0 Å². The average molecular weight is 439 g/mol. The van der Waals surface area contributed by atoms with Crippen molar-refractivity contribution in [1.29, 1.82) is 0 Å². The highest BCUT2D eigenvalue weighted by molar-refractivity contribution is 7.99. The van der Waals surface area contributed by atoms with Gasteiger partial charge in [0.1, 0.15) is 0 Å². The van der Waals surface area contributed by atoms with E-state index >= 15 is 0 Å². The fourth-order valence-corrected chi connectivity index (χ4v) is 3.63. The fraction of sp³-hybridized carbons (Fsp3) is 0.318. The summed E-state index contributed by atoms with van der Waals surface area (Å²) in [5.41, 5.74) is 2.31. The first-order chi connectivity index (χ1) is 15.1. The van der Waals surface area contributed by atoms with Gasteiger partial charge in [0, 0.05) is 42.8 Å². The molecule has 0 aliphatic rings. The fourth-order valence-electron chi connectivity index (χ4n) is 2.92. The second-order valence-electron chi connectivity index (χ2n) is 7.02. The molecule has 2 heterocycles. The molecule has 31 heavy (non-hydrogen) atoms. The lowest BCUT2D eigenvalue weighted by atomic mass is 10.2. The number of nitrogens with one attached hydrogen (secondary N) is 2. The topological polar surface area (TPSA) is 102 Å². The van der Waals surface area contributed by atoms with E-state index in [1.54, 1.807) is 36.7 Å². The van der Waals surface area contributed by atoms with Crippen LogP contribution in [0.25, 0.3) is 11.4 Å². The van der Waals surface area contributed by atoms with Gasteiger partial charge in [0.25, 0.3) is 0 Å². The largest absolute Gasteiger partial charge is 0.326 e. The van der Waals surface area contributed by atoms with E-state index in [0.717, 1.165) is 36.3 Å². The van der Waals surface area contributed by atoms with Crippen LogP contribution in [0, 0.1) is 0 Å². The molecule has 162 valence electrons. The number of unbranched alkanes of at least 4 members (excludes halogenated alkanes) is 2. The molecule has 0 spiro atoms. The van der Waals surface area contributed by atoms with Crippen molar-refractivity contribution in [3.63, 3.8) is 0 Å². The van der Waals surface area contributed by atoms with Crippen LogP contribution in [0.3, 0.4) is 0 Å². The highest BCUT2D eigenvalue weighted by atomic mass is 32.2. The molecule has 2 amide bonds. The zero-order chi connectivity index (χ0) is 22.1. The Bertz CT molecular complexity index is 1000. The number of pyridine rings is 1. The summed E-state index contributed by atoms with van der Waals surface area (Å²) in [7, 11) is 1.87. The van der Waals surface area contributed by atoms with Gasteiger partial charge in [0.2, 0.25) is 11.8 Å². The van der Waals surface area contributed by atoms with E-state index in [0.29, 0.717) is 17.3 Å². The van der Waals surface area contributed by atoms with Gasteiger partial charge in [0.05, 0.1) is 5.75 Å². The molecule has 0 aliphatic heterocycles. The summed E-state index contributed by atoms with van der Waals surface area (Å²) >= 11 is 1.32. The van der Waals surface area contributed by atoms with E-state index in [-0.39, 0.29) is 17.6 Å². The molecule has 0 atom stereocenters. The van der Waals surface area contributed by atoms with E-state index in [1.165, 1.54) is 11.8 Å². The van der Waals surface area contributed by atoms with Crippen LogP contribution < -0.4 is 10.6 Å².